The lowest BCUT2D eigenvalue weighted by atomic mass is 9.90. The second kappa shape index (κ2) is 8.45. The van der Waals surface area contributed by atoms with Crippen LogP contribution in [0.15, 0.2) is 54.6 Å². The summed E-state index contributed by atoms with van der Waals surface area (Å²) in [5.41, 5.74) is 3.94. The number of anilines is 1. The van der Waals surface area contributed by atoms with Crippen LogP contribution in [-0.2, 0) is 0 Å². The third-order valence-electron chi connectivity index (χ3n) is 6.56. The number of likely N-dealkylation sites (tertiary alicyclic amines) is 1. The van der Waals surface area contributed by atoms with Crippen molar-refractivity contribution in [1.82, 2.24) is 4.90 Å². The van der Waals surface area contributed by atoms with Gasteiger partial charge in [-0.15, -0.1) is 0 Å². The van der Waals surface area contributed by atoms with E-state index >= 15 is 0 Å². The maximum absolute atomic E-state index is 9.81. The zero-order chi connectivity index (χ0) is 18.6. The van der Waals surface area contributed by atoms with Crippen LogP contribution in [0.3, 0.4) is 0 Å². The lowest BCUT2D eigenvalue weighted by molar-refractivity contribution is 0.0505. The molecule has 0 saturated carbocycles. The van der Waals surface area contributed by atoms with E-state index < -0.39 is 0 Å². The van der Waals surface area contributed by atoms with E-state index in [1.165, 1.54) is 29.7 Å². The van der Waals surface area contributed by atoms with Crippen LogP contribution >= 0.6 is 0 Å². The van der Waals surface area contributed by atoms with Gasteiger partial charge in [0.15, 0.2) is 0 Å². The third-order valence-corrected chi connectivity index (χ3v) is 6.56. The molecule has 0 amide bonds. The second-order valence-corrected chi connectivity index (χ2v) is 8.25. The summed E-state index contributed by atoms with van der Waals surface area (Å²) >= 11 is 0. The molecule has 3 heteroatoms. The highest BCUT2D eigenvalue weighted by molar-refractivity contribution is 5.68. The van der Waals surface area contributed by atoms with Crippen LogP contribution < -0.4 is 4.90 Å². The minimum absolute atomic E-state index is 0.147. The van der Waals surface area contributed by atoms with Gasteiger partial charge in [0.25, 0.3) is 0 Å². The average Bonchev–Trinajstić information content (AvgIpc) is 2.75. The second-order valence-electron chi connectivity index (χ2n) is 8.25. The van der Waals surface area contributed by atoms with E-state index in [0.717, 1.165) is 39.0 Å². The summed E-state index contributed by atoms with van der Waals surface area (Å²) in [6, 6.07) is 20.3. The number of hydrogen-bond donors (Lipinski definition) is 1. The number of aliphatic hydroxyl groups excluding tert-OH is 1. The molecule has 2 heterocycles. The molecule has 0 aromatic heterocycles. The number of rotatable bonds is 4. The standard InChI is InChI=1S/C24H32N2O/c1-19(27)20-10-14-25(15-11-20)23-12-16-26(17-13-23)24-9-5-8-22(18-24)21-6-3-2-4-7-21/h2-9,18-20,23,27H,10-17H2,1H3. The SMILES string of the molecule is CC(O)C1CCN(C2CCN(c3cccc(-c4ccccc4)c3)CC2)CC1. The monoisotopic (exact) mass is 364 g/mol. The summed E-state index contributed by atoms with van der Waals surface area (Å²) in [5.74, 6) is 0.502. The first-order valence-electron chi connectivity index (χ1n) is 10.5. The smallest absolute Gasteiger partial charge is 0.0541 e. The van der Waals surface area contributed by atoms with Gasteiger partial charge in [-0.2, -0.15) is 0 Å². The summed E-state index contributed by atoms with van der Waals surface area (Å²) in [4.78, 5) is 5.22. The van der Waals surface area contributed by atoms with E-state index in [2.05, 4.69) is 64.4 Å². The molecule has 1 N–H and O–H groups in total. The van der Waals surface area contributed by atoms with Crippen molar-refractivity contribution in [2.24, 2.45) is 5.92 Å². The van der Waals surface area contributed by atoms with E-state index in [1.807, 2.05) is 6.92 Å². The van der Waals surface area contributed by atoms with Gasteiger partial charge in [-0.25, -0.2) is 0 Å². The van der Waals surface area contributed by atoms with E-state index in [0.29, 0.717) is 12.0 Å². The van der Waals surface area contributed by atoms with Crippen molar-refractivity contribution in [3.05, 3.63) is 54.6 Å². The largest absolute Gasteiger partial charge is 0.393 e. The van der Waals surface area contributed by atoms with Gasteiger partial charge in [-0.05, 0) is 74.9 Å². The third kappa shape index (κ3) is 4.36. The van der Waals surface area contributed by atoms with Crippen molar-refractivity contribution in [3.63, 3.8) is 0 Å². The van der Waals surface area contributed by atoms with Crippen LogP contribution in [-0.4, -0.2) is 48.3 Å². The predicted molar refractivity (Wildman–Crippen MR) is 113 cm³/mol. The Bertz CT molecular complexity index is 714. The minimum Gasteiger partial charge on any atom is -0.393 e. The van der Waals surface area contributed by atoms with Crippen molar-refractivity contribution >= 4 is 5.69 Å². The number of piperidine rings is 2. The van der Waals surface area contributed by atoms with Gasteiger partial charge in [-0.1, -0.05) is 42.5 Å². The van der Waals surface area contributed by atoms with Gasteiger partial charge < -0.3 is 14.9 Å². The van der Waals surface area contributed by atoms with Gasteiger partial charge in [0, 0.05) is 24.8 Å². The molecule has 2 aromatic carbocycles. The van der Waals surface area contributed by atoms with Crippen molar-refractivity contribution in [3.8, 4) is 11.1 Å². The highest BCUT2D eigenvalue weighted by Gasteiger charge is 2.29. The summed E-state index contributed by atoms with van der Waals surface area (Å²) in [6.45, 7) is 6.54. The van der Waals surface area contributed by atoms with Crippen LogP contribution in [0.1, 0.15) is 32.6 Å². The summed E-state index contributed by atoms with van der Waals surface area (Å²) in [7, 11) is 0. The molecule has 27 heavy (non-hydrogen) atoms. The highest BCUT2D eigenvalue weighted by Crippen LogP contribution is 2.29. The Morgan fingerprint density at radius 3 is 2.15 bits per heavy atom. The molecular formula is C24H32N2O. The molecule has 3 nitrogen and oxygen atoms in total. The highest BCUT2D eigenvalue weighted by atomic mass is 16.3. The molecule has 2 aliphatic rings. The fourth-order valence-corrected chi connectivity index (χ4v) is 4.77. The van der Waals surface area contributed by atoms with E-state index in [1.54, 1.807) is 0 Å². The van der Waals surface area contributed by atoms with E-state index in [9.17, 15) is 5.11 Å². The van der Waals surface area contributed by atoms with E-state index in [4.69, 9.17) is 0 Å². The number of nitrogens with zero attached hydrogens (tertiary/aromatic N) is 2. The number of aliphatic hydroxyl groups is 1. The maximum Gasteiger partial charge on any atom is 0.0541 e. The summed E-state index contributed by atoms with van der Waals surface area (Å²) in [6.07, 6.45) is 4.64. The molecule has 0 aliphatic carbocycles. The fraction of sp³-hybridized carbons (Fsp3) is 0.500. The average molecular weight is 365 g/mol. The fourth-order valence-electron chi connectivity index (χ4n) is 4.77. The lowest BCUT2D eigenvalue weighted by Gasteiger charge is -2.42. The molecule has 0 radical (unpaired) electrons. The summed E-state index contributed by atoms with van der Waals surface area (Å²) < 4.78 is 0. The topological polar surface area (TPSA) is 26.7 Å². The van der Waals surface area contributed by atoms with Crippen LogP contribution in [0.25, 0.3) is 11.1 Å². The molecule has 144 valence electrons. The first-order valence-corrected chi connectivity index (χ1v) is 10.5. The molecule has 0 spiro atoms. The normalized spacial score (nSPS) is 21.3. The van der Waals surface area contributed by atoms with Crippen LogP contribution in [0.4, 0.5) is 5.69 Å². The molecule has 1 atom stereocenters. The molecule has 2 aromatic rings. The minimum atomic E-state index is -0.147. The lowest BCUT2D eigenvalue weighted by Crippen LogP contribution is -2.48. The van der Waals surface area contributed by atoms with Crippen molar-refractivity contribution in [2.75, 3.05) is 31.1 Å². The van der Waals surface area contributed by atoms with Gasteiger partial charge in [0.1, 0.15) is 0 Å². The van der Waals surface area contributed by atoms with Crippen molar-refractivity contribution in [2.45, 2.75) is 44.8 Å². The van der Waals surface area contributed by atoms with Crippen molar-refractivity contribution < 1.29 is 5.11 Å². The molecule has 2 saturated heterocycles. The quantitative estimate of drug-likeness (QED) is 0.870. The van der Waals surface area contributed by atoms with Gasteiger partial charge in [-0.3, -0.25) is 0 Å². The van der Waals surface area contributed by atoms with Gasteiger partial charge >= 0.3 is 0 Å². The van der Waals surface area contributed by atoms with Crippen LogP contribution in [0, 0.1) is 5.92 Å². The molecule has 1 unspecified atom stereocenters. The number of benzene rings is 2. The summed E-state index contributed by atoms with van der Waals surface area (Å²) in [5, 5.41) is 9.81. The predicted octanol–water partition coefficient (Wildman–Crippen LogP) is 4.42. The Kier molecular flexibility index (Phi) is 5.80. The zero-order valence-corrected chi connectivity index (χ0v) is 16.4. The first kappa shape index (κ1) is 18.5. The van der Waals surface area contributed by atoms with Crippen LogP contribution in [0.5, 0.6) is 0 Å². The van der Waals surface area contributed by atoms with Gasteiger partial charge in [0.05, 0.1) is 6.10 Å². The molecule has 0 bridgehead atoms. The Balaban J connectivity index is 1.35. The molecule has 2 fully saturated rings. The molecular weight excluding hydrogens is 332 g/mol. The van der Waals surface area contributed by atoms with Crippen LogP contribution in [0.2, 0.25) is 0 Å². The molecule has 4 rings (SSSR count). The first-order chi connectivity index (χ1) is 13.2. The van der Waals surface area contributed by atoms with E-state index in [-0.39, 0.29) is 6.10 Å². The Morgan fingerprint density at radius 2 is 1.48 bits per heavy atom. The number of hydrogen-bond acceptors (Lipinski definition) is 3. The molecule has 2 aliphatic heterocycles. The Hall–Kier alpha value is -1.84. The Labute approximate surface area is 163 Å². The zero-order valence-electron chi connectivity index (χ0n) is 16.4. The Morgan fingerprint density at radius 1 is 0.815 bits per heavy atom. The maximum atomic E-state index is 9.81. The van der Waals surface area contributed by atoms with Gasteiger partial charge in [0.2, 0.25) is 0 Å². The van der Waals surface area contributed by atoms with Crippen molar-refractivity contribution in [1.29, 1.82) is 0 Å².